The third-order valence-electron chi connectivity index (χ3n) is 5.04. The summed E-state index contributed by atoms with van der Waals surface area (Å²) in [7, 11) is 0. The third-order valence-corrected chi connectivity index (χ3v) is 5.04. The maximum absolute atomic E-state index is 3.82. The van der Waals surface area contributed by atoms with Crippen LogP contribution in [0, 0.1) is 5.41 Å². The minimum Gasteiger partial charge on any atom is -0.312 e. The summed E-state index contributed by atoms with van der Waals surface area (Å²) >= 11 is 0. The second kappa shape index (κ2) is 9.04. The van der Waals surface area contributed by atoms with Gasteiger partial charge in [-0.1, -0.05) is 53.9 Å². The minimum atomic E-state index is 0.440. The highest BCUT2D eigenvalue weighted by Gasteiger charge is 2.40. The van der Waals surface area contributed by atoms with Crippen LogP contribution < -0.4 is 5.32 Å². The standard InChI is InChI=1S/C18H38N2/c1-6-9-14-20(15-10-7-2)16-12-11-13-18(4,5)17(16)19-8-3/h16-17,19H,6-15H2,1-5H3. The zero-order chi connectivity index (χ0) is 15.0. The number of unbranched alkanes of at least 4 members (excludes halogenated alkanes) is 2. The smallest absolute Gasteiger partial charge is 0.0274 e. The maximum Gasteiger partial charge on any atom is 0.0274 e. The molecular formula is C18H38N2. The van der Waals surface area contributed by atoms with Gasteiger partial charge in [0, 0.05) is 12.1 Å². The van der Waals surface area contributed by atoms with Crippen molar-refractivity contribution in [3.8, 4) is 0 Å². The van der Waals surface area contributed by atoms with E-state index < -0.39 is 0 Å². The van der Waals surface area contributed by atoms with Crippen molar-refractivity contribution < 1.29 is 0 Å². The maximum atomic E-state index is 3.82. The van der Waals surface area contributed by atoms with Crippen LogP contribution >= 0.6 is 0 Å². The Hall–Kier alpha value is -0.0800. The Morgan fingerprint density at radius 1 is 1.05 bits per heavy atom. The van der Waals surface area contributed by atoms with Gasteiger partial charge in [-0.3, -0.25) is 4.90 Å². The molecule has 0 amide bonds. The van der Waals surface area contributed by atoms with E-state index in [1.807, 2.05) is 0 Å². The lowest BCUT2D eigenvalue weighted by atomic mass is 9.70. The zero-order valence-corrected chi connectivity index (χ0v) is 14.7. The first-order valence-corrected chi connectivity index (χ1v) is 9.04. The van der Waals surface area contributed by atoms with Crippen molar-refractivity contribution in [1.82, 2.24) is 10.2 Å². The van der Waals surface area contributed by atoms with Gasteiger partial charge in [0.05, 0.1) is 0 Å². The fraction of sp³-hybridized carbons (Fsp3) is 1.00. The second-order valence-corrected chi connectivity index (χ2v) is 7.23. The van der Waals surface area contributed by atoms with E-state index in [2.05, 4.69) is 44.8 Å². The molecule has 2 heteroatoms. The summed E-state index contributed by atoms with van der Waals surface area (Å²) in [6.45, 7) is 15.5. The molecule has 1 saturated carbocycles. The first-order chi connectivity index (χ1) is 9.56. The normalized spacial score (nSPS) is 26.1. The van der Waals surface area contributed by atoms with Crippen LogP contribution in [0.3, 0.4) is 0 Å². The van der Waals surface area contributed by atoms with Gasteiger partial charge in [-0.25, -0.2) is 0 Å². The average Bonchev–Trinajstić information content (AvgIpc) is 2.41. The Bertz CT molecular complexity index is 242. The molecule has 1 aliphatic carbocycles. The number of nitrogens with zero attached hydrogens (tertiary/aromatic N) is 1. The summed E-state index contributed by atoms with van der Waals surface area (Å²) in [5.74, 6) is 0. The summed E-state index contributed by atoms with van der Waals surface area (Å²) in [4.78, 5) is 2.81. The molecule has 0 aromatic heterocycles. The van der Waals surface area contributed by atoms with Crippen LogP contribution in [0.25, 0.3) is 0 Å². The van der Waals surface area contributed by atoms with Crippen LogP contribution in [0.15, 0.2) is 0 Å². The Morgan fingerprint density at radius 3 is 2.15 bits per heavy atom. The van der Waals surface area contributed by atoms with E-state index in [9.17, 15) is 0 Å². The molecule has 2 nitrogen and oxygen atoms in total. The molecule has 120 valence electrons. The predicted octanol–water partition coefficient (Wildman–Crippen LogP) is 4.45. The van der Waals surface area contributed by atoms with Gasteiger partial charge >= 0.3 is 0 Å². The lowest BCUT2D eigenvalue weighted by molar-refractivity contribution is 0.0472. The van der Waals surface area contributed by atoms with Crippen molar-refractivity contribution in [3.63, 3.8) is 0 Å². The minimum absolute atomic E-state index is 0.440. The number of likely N-dealkylation sites (N-methyl/N-ethyl adjacent to an activating group) is 1. The van der Waals surface area contributed by atoms with Crippen molar-refractivity contribution in [2.75, 3.05) is 19.6 Å². The fourth-order valence-electron chi connectivity index (χ4n) is 3.80. The lowest BCUT2D eigenvalue weighted by Crippen LogP contribution is -2.59. The van der Waals surface area contributed by atoms with E-state index in [-0.39, 0.29) is 0 Å². The van der Waals surface area contributed by atoms with Gasteiger partial charge in [-0.15, -0.1) is 0 Å². The molecule has 0 spiro atoms. The van der Waals surface area contributed by atoms with Crippen molar-refractivity contribution in [2.45, 2.75) is 91.6 Å². The number of nitrogens with one attached hydrogen (secondary N) is 1. The molecule has 0 radical (unpaired) electrons. The molecule has 1 rings (SSSR count). The molecule has 1 aliphatic rings. The molecule has 0 aliphatic heterocycles. The highest BCUT2D eigenvalue weighted by Crippen LogP contribution is 2.38. The zero-order valence-electron chi connectivity index (χ0n) is 14.7. The average molecular weight is 283 g/mol. The van der Waals surface area contributed by atoms with Crippen LogP contribution in [0.5, 0.6) is 0 Å². The summed E-state index contributed by atoms with van der Waals surface area (Å²) in [5.41, 5.74) is 0.440. The Morgan fingerprint density at radius 2 is 1.65 bits per heavy atom. The van der Waals surface area contributed by atoms with E-state index in [0.717, 1.165) is 12.6 Å². The largest absolute Gasteiger partial charge is 0.312 e. The monoisotopic (exact) mass is 282 g/mol. The Balaban J connectivity index is 2.77. The van der Waals surface area contributed by atoms with Gasteiger partial charge in [0.1, 0.15) is 0 Å². The van der Waals surface area contributed by atoms with Crippen LogP contribution in [0.4, 0.5) is 0 Å². The molecule has 0 bridgehead atoms. The number of rotatable bonds is 9. The van der Waals surface area contributed by atoms with Crippen LogP contribution in [-0.2, 0) is 0 Å². The molecule has 0 heterocycles. The van der Waals surface area contributed by atoms with Crippen LogP contribution in [0.1, 0.15) is 79.6 Å². The first-order valence-electron chi connectivity index (χ1n) is 9.04. The summed E-state index contributed by atoms with van der Waals surface area (Å²) < 4.78 is 0. The van der Waals surface area contributed by atoms with Gasteiger partial charge in [-0.2, -0.15) is 0 Å². The highest BCUT2D eigenvalue weighted by atomic mass is 15.2. The van der Waals surface area contributed by atoms with E-state index in [4.69, 9.17) is 0 Å². The molecule has 2 atom stereocenters. The van der Waals surface area contributed by atoms with E-state index in [1.165, 1.54) is 58.0 Å². The summed E-state index contributed by atoms with van der Waals surface area (Å²) in [5, 5.41) is 3.82. The molecule has 1 N–H and O–H groups in total. The third kappa shape index (κ3) is 5.04. The molecule has 2 unspecified atom stereocenters. The van der Waals surface area contributed by atoms with E-state index in [1.54, 1.807) is 0 Å². The molecule has 0 aromatic rings. The molecule has 0 aromatic carbocycles. The highest BCUT2D eigenvalue weighted by molar-refractivity contribution is 4.98. The Kier molecular flexibility index (Phi) is 8.13. The topological polar surface area (TPSA) is 15.3 Å². The quantitative estimate of drug-likeness (QED) is 0.672. The van der Waals surface area contributed by atoms with Crippen molar-refractivity contribution >= 4 is 0 Å². The lowest BCUT2D eigenvalue weighted by Gasteiger charge is -2.49. The van der Waals surface area contributed by atoms with Crippen molar-refractivity contribution in [3.05, 3.63) is 0 Å². The molecule has 20 heavy (non-hydrogen) atoms. The van der Waals surface area contributed by atoms with Gasteiger partial charge in [0.25, 0.3) is 0 Å². The molecular weight excluding hydrogens is 244 g/mol. The van der Waals surface area contributed by atoms with Crippen molar-refractivity contribution in [2.24, 2.45) is 5.41 Å². The van der Waals surface area contributed by atoms with Gasteiger partial charge in [-0.05, 0) is 50.7 Å². The SMILES string of the molecule is CCCCN(CCCC)C1CCCC(C)(C)C1NCC. The predicted molar refractivity (Wildman–Crippen MR) is 90.3 cm³/mol. The van der Waals surface area contributed by atoms with E-state index >= 15 is 0 Å². The van der Waals surface area contributed by atoms with Crippen LogP contribution in [-0.4, -0.2) is 36.6 Å². The summed E-state index contributed by atoms with van der Waals surface area (Å²) in [6.07, 6.45) is 9.47. The van der Waals surface area contributed by atoms with E-state index in [0.29, 0.717) is 11.5 Å². The number of hydrogen-bond acceptors (Lipinski definition) is 2. The molecule has 1 fully saturated rings. The van der Waals surface area contributed by atoms with Crippen LogP contribution in [0.2, 0.25) is 0 Å². The second-order valence-electron chi connectivity index (χ2n) is 7.23. The van der Waals surface area contributed by atoms with Gasteiger partial charge in [0.2, 0.25) is 0 Å². The van der Waals surface area contributed by atoms with Gasteiger partial charge < -0.3 is 5.32 Å². The van der Waals surface area contributed by atoms with Crippen molar-refractivity contribution in [1.29, 1.82) is 0 Å². The summed E-state index contributed by atoms with van der Waals surface area (Å²) in [6, 6.07) is 1.41. The van der Waals surface area contributed by atoms with Gasteiger partial charge in [0.15, 0.2) is 0 Å². The first kappa shape index (κ1) is 18.0. The molecule has 0 saturated heterocycles. The number of hydrogen-bond donors (Lipinski definition) is 1. The fourth-order valence-corrected chi connectivity index (χ4v) is 3.80. The Labute approximate surface area is 127 Å².